The Hall–Kier alpha value is -1.59. The van der Waals surface area contributed by atoms with Crippen LogP contribution in [0.1, 0.15) is 26.2 Å². The van der Waals surface area contributed by atoms with Crippen molar-refractivity contribution in [2.24, 2.45) is 0 Å². The fraction of sp³-hybridized carbons (Fsp3) is 0.700. The van der Waals surface area contributed by atoms with Crippen LogP contribution in [0.2, 0.25) is 0 Å². The van der Waals surface area contributed by atoms with Gasteiger partial charge in [0.05, 0.1) is 6.42 Å². The van der Waals surface area contributed by atoms with Crippen LogP contribution in [0.3, 0.4) is 0 Å². The molecule has 0 aromatic rings. The van der Waals surface area contributed by atoms with Gasteiger partial charge in [0, 0.05) is 19.5 Å². The molecule has 90 valence electrons. The van der Waals surface area contributed by atoms with E-state index in [0.29, 0.717) is 19.4 Å². The molecular weight excluding hydrogens is 212 g/mol. The SMILES string of the molecule is CCN(CCC(=O)O)C(=O)[C@H]1CCC(=O)N1. The minimum Gasteiger partial charge on any atom is -0.481 e. The van der Waals surface area contributed by atoms with E-state index in [-0.39, 0.29) is 24.8 Å². The van der Waals surface area contributed by atoms with E-state index in [0.717, 1.165) is 0 Å². The van der Waals surface area contributed by atoms with Crippen LogP contribution in [-0.4, -0.2) is 46.9 Å². The minimum atomic E-state index is -0.929. The molecular formula is C10H16N2O4. The van der Waals surface area contributed by atoms with Crippen molar-refractivity contribution in [3.63, 3.8) is 0 Å². The first-order valence-electron chi connectivity index (χ1n) is 5.34. The third-order valence-corrected chi connectivity index (χ3v) is 2.58. The van der Waals surface area contributed by atoms with Gasteiger partial charge < -0.3 is 15.3 Å². The molecule has 1 heterocycles. The smallest absolute Gasteiger partial charge is 0.305 e. The fourth-order valence-corrected chi connectivity index (χ4v) is 1.67. The number of hydrogen-bond donors (Lipinski definition) is 2. The molecule has 0 unspecified atom stereocenters. The second-order valence-corrected chi connectivity index (χ2v) is 3.72. The summed E-state index contributed by atoms with van der Waals surface area (Å²) in [6, 6.07) is -0.471. The highest BCUT2D eigenvalue weighted by Gasteiger charge is 2.30. The van der Waals surface area contributed by atoms with Gasteiger partial charge in [0.2, 0.25) is 11.8 Å². The van der Waals surface area contributed by atoms with E-state index < -0.39 is 12.0 Å². The third-order valence-electron chi connectivity index (χ3n) is 2.58. The monoisotopic (exact) mass is 228 g/mol. The summed E-state index contributed by atoms with van der Waals surface area (Å²) in [5.74, 6) is -1.23. The summed E-state index contributed by atoms with van der Waals surface area (Å²) < 4.78 is 0. The van der Waals surface area contributed by atoms with Gasteiger partial charge in [-0.15, -0.1) is 0 Å². The van der Waals surface area contributed by atoms with Gasteiger partial charge in [0.15, 0.2) is 0 Å². The first-order chi connectivity index (χ1) is 7.54. The van der Waals surface area contributed by atoms with Gasteiger partial charge in [-0.05, 0) is 13.3 Å². The van der Waals surface area contributed by atoms with E-state index in [4.69, 9.17) is 5.11 Å². The number of carbonyl (C=O) groups excluding carboxylic acids is 2. The number of likely N-dealkylation sites (N-methyl/N-ethyl adjacent to an activating group) is 1. The van der Waals surface area contributed by atoms with Crippen LogP contribution in [-0.2, 0) is 14.4 Å². The molecule has 6 nitrogen and oxygen atoms in total. The lowest BCUT2D eigenvalue weighted by Gasteiger charge is -2.23. The largest absolute Gasteiger partial charge is 0.481 e. The Bertz CT molecular complexity index is 303. The number of nitrogens with zero attached hydrogens (tertiary/aromatic N) is 1. The summed E-state index contributed by atoms with van der Waals surface area (Å²) in [7, 11) is 0. The second-order valence-electron chi connectivity index (χ2n) is 3.72. The van der Waals surface area contributed by atoms with Gasteiger partial charge in [-0.25, -0.2) is 0 Å². The molecule has 0 bridgehead atoms. The molecule has 0 spiro atoms. The number of aliphatic carboxylic acids is 1. The molecule has 0 saturated carbocycles. The van der Waals surface area contributed by atoms with E-state index in [1.54, 1.807) is 6.92 Å². The zero-order chi connectivity index (χ0) is 12.1. The number of hydrogen-bond acceptors (Lipinski definition) is 3. The first kappa shape index (κ1) is 12.5. The Morgan fingerprint density at radius 1 is 1.56 bits per heavy atom. The van der Waals surface area contributed by atoms with Gasteiger partial charge in [0.1, 0.15) is 6.04 Å². The molecule has 0 aromatic heterocycles. The molecule has 1 atom stereocenters. The molecule has 1 aliphatic heterocycles. The lowest BCUT2D eigenvalue weighted by Crippen LogP contribution is -2.45. The fourth-order valence-electron chi connectivity index (χ4n) is 1.67. The van der Waals surface area contributed by atoms with Crippen molar-refractivity contribution in [3.05, 3.63) is 0 Å². The summed E-state index contributed by atoms with van der Waals surface area (Å²) >= 11 is 0. The summed E-state index contributed by atoms with van der Waals surface area (Å²) in [4.78, 5) is 34.7. The molecule has 1 aliphatic rings. The average molecular weight is 228 g/mol. The van der Waals surface area contributed by atoms with E-state index >= 15 is 0 Å². The molecule has 16 heavy (non-hydrogen) atoms. The van der Waals surface area contributed by atoms with Gasteiger partial charge in [0.25, 0.3) is 0 Å². The molecule has 1 rings (SSSR count). The van der Waals surface area contributed by atoms with Crippen molar-refractivity contribution < 1.29 is 19.5 Å². The van der Waals surface area contributed by atoms with Crippen molar-refractivity contribution in [2.75, 3.05) is 13.1 Å². The third kappa shape index (κ3) is 3.22. The Kier molecular flexibility index (Phi) is 4.28. The lowest BCUT2D eigenvalue weighted by molar-refractivity contribution is -0.139. The van der Waals surface area contributed by atoms with Crippen LogP contribution in [0.4, 0.5) is 0 Å². The molecule has 1 saturated heterocycles. The number of carboxylic acid groups (broad SMARTS) is 1. The predicted molar refractivity (Wildman–Crippen MR) is 55.7 cm³/mol. The maximum Gasteiger partial charge on any atom is 0.305 e. The molecule has 2 amide bonds. The Morgan fingerprint density at radius 2 is 2.25 bits per heavy atom. The van der Waals surface area contributed by atoms with E-state index in [2.05, 4.69) is 5.32 Å². The first-order valence-corrected chi connectivity index (χ1v) is 5.34. The van der Waals surface area contributed by atoms with Crippen LogP contribution < -0.4 is 5.32 Å². The van der Waals surface area contributed by atoms with Crippen LogP contribution in [0.25, 0.3) is 0 Å². The number of carboxylic acids is 1. The Morgan fingerprint density at radius 3 is 2.69 bits per heavy atom. The van der Waals surface area contributed by atoms with Crippen molar-refractivity contribution in [1.82, 2.24) is 10.2 Å². The zero-order valence-corrected chi connectivity index (χ0v) is 9.23. The maximum absolute atomic E-state index is 11.9. The quantitative estimate of drug-likeness (QED) is 0.669. The Labute approximate surface area is 93.6 Å². The molecule has 6 heteroatoms. The van der Waals surface area contributed by atoms with E-state index in [1.165, 1.54) is 4.90 Å². The van der Waals surface area contributed by atoms with Crippen molar-refractivity contribution in [2.45, 2.75) is 32.2 Å². The van der Waals surface area contributed by atoms with Crippen LogP contribution in [0.5, 0.6) is 0 Å². The standard InChI is InChI=1S/C10H16N2O4/c1-2-12(6-5-9(14)15)10(16)7-3-4-8(13)11-7/h7H,2-6H2,1H3,(H,11,13)(H,14,15)/t7-/m1/s1. The van der Waals surface area contributed by atoms with Crippen LogP contribution >= 0.6 is 0 Å². The summed E-state index contributed by atoms with van der Waals surface area (Å²) in [6.45, 7) is 2.44. The highest BCUT2D eigenvalue weighted by atomic mass is 16.4. The van der Waals surface area contributed by atoms with Gasteiger partial charge in [-0.2, -0.15) is 0 Å². The van der Waals surface area contributed by atoms with E-state index in [1.807, 2.05) is 0 Å². The average Bonchev–Trinajstić information content (AvgIpc) is 2.65. The predicted octanol–water partition coefficient (Wildman–Crippen LogP) is -0.412. The van der Waals surface area contributed by atoms with Crippen molar-refractivity contribution in [1.29, 1.82) is 0 Å². The summed E-state index contributed by atoms with van der Waals surface area (Å²) in [5.41, 5.74) is 0. The number of amides is 2. The van der Waals surface area contributed by atoms with Gasteiger partial charge in [-0.1, -0.05) is 0 Å². The van der Waals surface area contributed by atoms with E-state index in [9.17, 15) is 14.4 Å². The Balaban J connectivity index is 2.48. The lowest BCUT2D eigenvalue weighted by atomic mass is 10.2. The zero-order valence-electron chi connectivity index (χ0n) is 9.23. The van der Waals surface area contributed by atoms with Crippen molar-refractivity contribution in [3.8, 4) is 0 Å². The van der Waals surface area contributed by atoms with Crippen LogP contribution in [0, 0.1) is 0 Å². The minimum absolute atomic E-state index is 0.0692. The molecule has 0 aromatic carbocycles. The normalized spacial score (nSPS) is 19.3. The molecule has 2 N–H and O–H groups in total. The second kappa shape index (κ2) is 5.48. The highest BCUT2D eigenvalue weighted by Crippen LogP contribution is 2.10. The summed E-state index contributed by atoms with van der Waals surface area (Å²) in [5, 5.41) is 11.1. The van der Waals surface area contributed by atoms with Crippen molar-refractivity contribution >= 4 is 17.8 Å². The molecule has 0 radical (unpaired) electrons. The topological polar surface area (TPSA) is 86.7 Å². The molecule has 1 fully saturated rings. The number of rotatable bonds is 5. The van der Waals surface area contributed by atoms with Gasteiger partial charge >= 0.3 is 5.97 Å². The van der Waals surface area contributed by atoms with Gasteiger partial charge in [-0.3, -0.25) is 14.4 Å². The van der Waals surface area contributed by atoms with Crippen LogP contribution in [0.15, 0.2) is 0 Å². The molecule has 0 aliphatic carbocycles. The highest BCUT2D eigenvalue weighted by molar-refractivity contribution is 5.90. The maximum atomic E-state index is 11.9. The number of nitrogens with one attached hydrogen (secondary N) is 1. The summed E-state index contributed by atoms with van der Waals surface area (Å²) in [6.07, 6.45) is 0.800. The number of carbonyl (C=O) groups is 3.